The number of ketones is 1. The number of aliphatic hydroxyl groups is 1. The van der Waals surface area contributed by atoms with Crippen molar-refractivity contribution in [2.45, 2.75) is 12.6 Å². The zero-order valence-electron chi connectivity index (χ0n) is 16.3. The molecule has 1 aliphatic rings. The fourth-order valence-electron chi connectivity index (χ4n) is 3.68. The molecule has 2 heterocycles. The molecule has 8 heteroatoms. The van der Waals surface area contributed by atoms with Gasteiger partial charge in [0.25, 0.3) is 11.7 Å². The highest BCUT2D eigenvalue weighted by molar-refractivity contribution is 7.09. The monoisotopic (exact) mass is 473 g/mol. The third-order valence-corrected chi connectivity index (χ3v) is 6.39. The van der Waals surface area contributed by atoms with Crippen LogP contribution in [0.25, 0.3) is 5.76 Å². The minimum atomic E-state index is -0.777. The first-order chi connectivity index (χ1) is 14.9. The van der Waals surface area contributed by atoms with Gasteiger partial charge in [-0.05, 0) is 29.1 Å². The van der Waals surface area contributed by atoms with E-state index >= 15 is 0 Å². The van der Waals surface area contributed by atoms with Crippen molar-refractivity contribution in [2.24, 2.45) is 0 Å². The molecular weight excluding hydrogens is 457 g/mol. The third kappa shape index (κ3) is 3.94. The lowest BCUT2D eigenvalue weighted by Gasteiger charge is -2.25. The van der Waals surface area contributed by atoms with Crippen molar-refractivity contribution in [3.63, 3.8) is 0 Å². The van der Waals surface area contributed by atoms with E-state index in [1.165, 1.54) is 35.5 Å². The van der Waals surface area contributed by atoms with Gasteiger partial charge < -0.3 is 14.7 Å². The first-order valence-corrected chi connectivity index (χ1v) is 10.9. The number of hydrogen-bond acceptors (Lipinski definition) is 5. The number of carbonyl (C=O) groups is 2. The Hall–Kier alpha value is -2.80. The highest BCUT2D eigenvalue weighted by atomic mass is 35.5. The number of halogens is 2. The molecule has 1 aromatic heterocycles. The van der Waals surface area contributed by atoms with E-state index in [2.05, 4.69) is 0 Å². The number of aliphatic hydroxyl groups excluding tert-OH is 1. The summed E-state index contributed by atoms with van der Waals surface area (Å²) in [6.45, 7) is 0.242. The number of nitrogens with zero attached hydrogens (tertiary/aromatic N) is 1. The van der Waals surface area contributed by atoms with Gasteiger partial charge in [-0.25, -0.2) is 0 Å². The largest absolute Gasteiger partial charge is 0.507 e. The predicted octanol–water partition coefficient (Wildman–Crippen LogP) is 5.69. The molecule has 0 aliphatic carbocycles. The van der Waals surface area contributed by atoms with E-state index in [9.17, 15) is 14.7 Å². The van der Waals surface area contributed by atoms with E-state index in [0.717, 1.165) is 4.88 Å². The number of benzene rings is 2. The Kier molecular flexibility index (Phi) is 6.05. The lowest BCUT2D eigenvalue weighted by molar-refractivity contribution is -0.140. The number of ether oxygens (including phenoxy) is 1. The van der Waals surface area contributed by atoms with Gasteiger partial charge in [-0.1, -0.05) is 59.6 Å². The molecule has 0 saturated carbocycles. The van der Waals surface area contributed by atoms with Crippen LogP contribution in [-0.2, 0) is 16.1 Å². The maximum atomic E-state index is 13.1. The molecule has 1 atom stereocenters. The summed E-state index contributed by atoms with van der Waals surface area (Å²) in [6.07, 6.45) is 0. The number of rotatable bonds is 5. The van der Waals surface area contributed by atoms with Gasteiger partial charge in [0.15, 0.2) is 0 Å². The SMILES string of the molecule is COc1c(Cl)cc(Cl)cc1/C(O)=C1\C(=O)C(=O)N(Cc2cccs2)C1c1ccccc1. The minimum Gasteiger partial charge on any atom is -0.507 e. The summed E-state index contributed by atoms with van der Waals surface area (Å²) in [6, 6.07) is 15.0. The van der Waals surface area contributed by atoms with Gasteiger partial charge in [0.2, 0.25) is 0 Å². The zero-order chi connectivity index (χ0) is 22.1. The van der Waals surface area contributed by atoms with Crippen molar-refractivity contribution in [1.29, 1.82) is 0 Å². The Bertz CT molecular complexity index is 1180. The Morgan fingerprint density at radius 3 is 2.52 bits per heavy atom. The number of hydrogen-bond donors (Lipinski definition) is 1. The average molecular weight is 474 g/mol. The first kappa shape index (κ1) is 21.4. The van der Waals surface area contributed by atoms with Crippen LogP contribution in [-0.4, -0.2) is 28.8 Å². The number of carbonyl (C=O) groups excluding carboxylic acids is 2. The van der Waals surface area contributed by atoms with Crippen LogP contribution in [0.2, 0.25) is 10.0 Å². The van der Waals surface area contributed by atoms with Crippen molar-refractivity contribution in [3.8, 4) is 5.75 Å². The molecule has 31 heavy (non-hydrogen) atoms. The number of amides is 1. The van der Waals surface area contributed by atoms with Gasteiger partial charge in [0.05, 0.1) is 35.9 Å². The summed E-state index contributed by atoms with van der Waals surface area (Å²) in [5.41, 5.74) is 0.811. The second kappa shape index (κ2) is 8.75. The highest BCUT2D eigenvalue weighted by Crippen LogP contribution is 2.43. The van der Waals surface area contributed by atoms with Crippen LogP contribution < -0.4 is 4.74 Å². The Labute approximate surface area is 193 Å². The van der Waals surface area contributed by atoms with E-state index in [-0.39, 0.29) is 39.2 Å². The lowest BCUT2D eigenvalue weighted by atomic mass is 9.95. The van der Waals surface area contributed by atoms with E-state index in [1.807, 2.05) is 47.8 Å². The van der Waals surface area contributed by atoms with Crippen molar-refractivity contribution in [3.05, 3.63) is 91.6 Å². The molecule has 3 aromatic rings. The Morgan fingerprint density at radius 1 is 1.13 bits per heavy atom. The summed E-state index contributed by atoms with van der Waals surface area (Å²) in [7, 11) is 1.40. The number of Topliss-reactive ketones (excluding diaryl/α,β-unsaturated/α-hetero) is 1. The maximum Gasteiger partial charge on any atom is 0.295 e. The van der Waals surface area contributed by atoms with Crippen molar-refractivity contribution in [1.82, 2.24) is 4.90 Å². The van der Waals surface area contributed by atoms with Crippen LogP contribution in [0, 0.1) is 0 Å². The fourth-order valence-corrected chi connectivity index (χ4v) is 4.96. The molecule has 0 bridgehead atoms. The molecule has 0 radical (unpaired) electrons. The molecule has 1 N–H and O–H groups in total. The summed E-state index contributed by atoms with van der Waals surface area (Å²) >= 11 is 13.8. The van der Waals surface area contributed by atoms with E-state index in [1.54, 1.807) is 0 Å². The van der Waals surface area contributed by atoms with Crippen LogP contribution in [0.4, 0.5) is 0 Å². The third-order valence-electron chi connectivity index (χ3n) is 5.03. The van der Waals surface area contributed by atoms with E-state index in [4.69, 9.17) is 27.9 Å². The van der Waals surface area contributed by atoms with Crippen LogP contribution in [0.1, 0.15) is 22.0 Å². The molecule has 1 amide bonds. The molecule has 1 unspecified atom stereocenters. The normalized spacial score (nSPS) is 17.9. The topological polar surface area (TPSA) is 66.8 Å². The molecular formula is C23H17Cl2NO4S. The maximum absolute atomic E-state index is 13.1. The van der Waals surface area contributed by atoms with Crippen LogP contribution in [0.15, 0.2) is 65.6 Å². The number of thiophene rings is 1. The molecule has 158 valence electrons. The van der Waals surface area contributed by atoms with Crippen LogP contribution in [0.5, 0.6) is 5.75 Å². The van der Waals surface area contributed by atoms with Crippen molar-refractivity contribution < 1.29 is 19.4 Å². The van der Waals surface area contributed by atoms with Gasteiger partial charge in [0.1, 0.15) is 11.5 Å². The quantitative estimate of drug-likeness (QED) is 0.293. The fraction of sp³-hybridized carbons (Fsp3) is 0.130. The molecule has 2 aromatic carbocycles. The van der Waals surface area contributed by atoms with Gasteiger partial charge in [0, 0.05) is 9.90 Å². The highest BCUT2D eigenvalue weighted by Gasteiger charge is 2.46. The van der Waals surface area contributed by atoms with Crippen molar-refractivity contribution in [2.75, 3.05) is 7.11 Å². The number of methoxy groups -OCH3 is 1. The summed E-state index contributed by atoms with van der Waals surface area (Å²) in [5, 5.41) is 13.6. The van der Waals surface area contributed by atoms with Crippen LogP contribution >= 0.6 is 34.5 Å². The van der Waals surface area contributed by atoms with E-state index in [0.29, 0.717) is 5.56 Å². The van der Waals surface area contributed by atoms with Crippen molar-refractivity contribution >= 4 is 52.0 Å². The standard InChI is InChI=1S/C23H17Cl2NO4S/c1-30-22-16(10-14(24)11-17(22)25)20(27)18-19(13-6-3-2-4-7-13)26(23(29)21(18)28)12-15-8-5-9-31-15/h2-11,19,27H,12H2,1H3/b20-18+. The lowest BCUT2D eigenvalue weighted by Crippen LogP contribution is -2.28. The summed E-state index contributed by atoms with van der Waals surface area (Å²) in [5.74, 6) is -1.68. The first-order valence-electron chi connectivity index (χ1n) is 9.31. The van der Waals surface area contributed by atoms with Gasteiger partial charge in [-0.3, -0.25) is 9.59 Å². The second-order valence-corrected chi connectivity index (χ2v) is 8.76. The summed E-state index contributed by atoms with van der Waals surface area (Å²) < 4.78 is 5.33. The average Bonchev–Trinajstić information content (AvgIpc) is 3.36. The number of likely N-dealkylation sites (tertiary alicyclic amines) is 1. The molecule has 1 saturated heterocycles. The Morgan fingerprint density at radius 2 is 1.87 bits per heavy atom. The molecule has 1 aliphatic heterocycles. The minimum absolute atomic E-state index is 0.0376. The summed E-state index contributed by atoms with van der Waals surface area (Å²) in [4.78, 5) is 28.5. The molecule has 0 spiro atoms. The zero-order valence-corrected chi connectivity index (χ0v) is 18.7. The van der Waals surface area contributed by atoms with Gasteiger partial charge in [-0.15, -0.1) is 11.3 Å². The van der Waals surface area contributed by atoms with Gasteiger partial charge >= 0.3 is 0 Å². The van der Waals surface area contributed by atoms with E-state index < -0.39 is 17.7 Å². The smallest absolute Gasteiger partial charge is 0.295 e. The second-order valence-electron chi connectivity index (χ2n) is 6.89. The van der Waals surface area contributed by atoms with Gasteiger partial charge in [-0.2, -0.15) is 0 Å². The predicted molar refractivity (Wildman–Crippen MR) is 122 cm³/mol. The Balaban J connectivity index is 1.93. The molecule has 1 fully saturated rings. The van der Waals surface area contributed by atoms with Crippen LogP contribution in [0.3, 0.4) is 0 Å². The molecule has 5 nitrogen and oxygen atoms in total. The molecule has 4 rings (SSSR count).